The number of methoxy groups -OCH3 is 1. The summed E-state index contributed by atoms with van der Waals surface area (Å²) in [7, 11) is 1.78. The summed E-state index contributed by atoms with van der Waals surface area (Å²) in [6, 6.07) is 0. The van der Waals surface area contributed by atoms with Gasteiger partial charge in [-0.05, 0) is 45.7 Å². The highest BCUT2D eigenvalue weighted by atomic mass is 16.5. The van der Waals surface area contributed by atoms with Crippen LogP contribution in [0.25, 0.3) is 0 Å². The predicted molar refractivity (Wildman–Crippen MR) is 73.3 cm³/mol. The molecule has 3 nitrogen and oxygen atoms in total. The van der Waals surface area contributed by atoms with Crippen LogP contribution in [0.1, 0.15) is 26.7 Å². The van der Waals surface area contributed by atoms with Crippen molar-refractivity contribution in [3.05, 3.63) is 11.6 Å². The Kier molecular flexibility index (Phi) is 7.49. The smallest absolute Gasteiger partial charge is 0.0589 e. The molecule has 1 saturated heterocycles. The lowest BCUT2D eigenvalue weighted by molar-refractivity contribution is 0.114. The molecule has 0 spiro atoms. The second-order valence-corrected chi connectivity index (χ2v) is 5.07. The van der Waals surface area contributed by atoms with Crippen LogP contribution in [0.2, 0.25) is 0 Å². The van der Waals surface area contributed by atoms with Crippen LogP contribution in [-0.2, 0) is 4.74 Å². The Morgan fingerprint density at radius 2 is 2.35 bits per heavy atom. The van der Waals surface area contributed by atoms with Gasteiger partial charge < -0.3 is 15.0 Å². The predicted octanol–water partition coefficient (Wildman–Crippen LogP) is 1.90. The second-order valence-electron chi connectivity index (χ2n) is 5.07. The van der Waals surface area contributed by atoms with E-state index in [0.29, 0.717) is 0 Å². The average molecular weight is 240 g/mol. The fraction of sp³-hybridized carbons (Fsp3) is 0.857. The van der Waals surface area contributed by atoms with Crippen LogP contribution in [0, 0.1) is 5.92 Å². The minimum atomic E-state index is 0.810. The Morgan fingerprint density at radius 3 is 3.06 bits per heavy atom. The topological polar surface area (TPSA) is 24.5 Å². The zero-order valence-electron chi connectivity index (χ0n) is 11.7. The van der Waals surface area contributed by atoms with Crippen LogP contribution in [0.15, 0.2) is 11.6 Å². The van der Waals surface area contributed by atoms with E-state index in [4.69, 9.17) is 4.74 Å². The third-order valence-corrected chi connectivity index (χ3v) is 3.54. The first-order valence-corrected chi connectivity index (χ1v) is 6.80. The van der Waals surface area contributed by atoms with Crippen molar-refractivity contribution in [2.24, 2.45) is 5.92 Å². The van der Waals surface area contributed by atoms with Crippen LogP contribution >= 0.6 is 0 Å². The summed E-state index contributed by atoms with van der Waals surface area (Å²) in [6.07, 6.45) is 4.88. The molecule has 1 aliphatic rings. The normalized spacial score (nSPS) is 23.0. The molecule has 100 valence electrons. The van der Waals surface area contributed by atoms with Gasteiger partial charge in [-0.2, -0.15) is 0 Å². The van der Waals surface area contributed by atoms with Gasteiger partial charge in [-0.25, -0.2) is 0 Å². The Morgan fingerprint density at radius 1 is 1.53 bits per heavy atom. The Balaban J connectivity index is 2.16. The van der Waals surface area contributed by atoms with Crippen molar-refractivity contribution in [3.8, 4) is 0 Å². The molecule has 1 atom stereocenters. The number of ether oxygens (including phenoxy) is 1. The quantitative estimate of drug-likeness (QED) is 0.688. The highest BCUT2D eigenvalue weighted by Gasteiger charge is 2.18. The van der Waals surface area contributed by atoms with Gasteiger partial charge in [-0.1, -0.05) is 11.6 Å². The summed E-state index contributed by atoms with van der Waals surface area (Å²) >= 11 is 0. The minimum Gasteiger partial charge on any atom is -0.383 e. The lowest BCUT2D eigenvalue weighted by atomic mass is 9.98. The molecule has 0 bridgehead atoms. The molecule has 1 aliphatic heterocycles. The van der Waals surface area contributed by atoms with E-state index >= 15 is 0 Å². The largest absolute Gasteiger partial charge is 0.383 e. The van der Waals surface area contributed by atoms with Crippen molar-refractivity contribution < 1.29 is 4.74 Å². The second kappa shape index (κ2) is 8.67. The number of hydrogen-bond acceptors (Lipinski definition) is 3. The van der Waals surface area contributed by atoms with Gasteiger partial charge in [0.05, 0.1) is 6.61 Å². The zero-order valence-corrected chi connectivity index (χ0v) is 11.7. The van der Waals surface area contributed by atoms with E-state index < -0.39 is 0 Å². The third-order valence-electron chi connectivity index (χ3n) is 3.54. The van der Waals surface area contributed by atoms with Crippen molar-refractivity contribution in [2.75, 3.05) is 46.4 Å². The van der Waals surface area contributed by atoms with E-state index in [1.165, 1.54) is 31.5 Å². The van der Waals surface area contributed by atoms with Crippen LogP contribution in [0.3, 0.4) is 0 Å². The number of piperidine rings is 1. The first-order chi connectivity index (χ1) is 8.26. The number of hydrogen-bond donors (Lipinski definition) is 1. The molecule has 1 unspecified atom stereocenters. The molecule has 3 heteroatoms. The van der Waals surface area contributed by atoms with Crippen LogP contribution in [0.5, 0.6) is 0 Å². The van der Waals surface area contributed by atoms with Gasteiger partial charge in [0, 0.05) is 26.7 Å². The van der Waals surface area contributed by atoms with E-state index in [9.17, 15) is 0 Å². The van der Waals surface area contributed by atoms with Gasteiger partial charge in [-0.15, -0.1) is 0 Å². The van der Waals surface area contributed by atoms with Gasteiger partial charge in [0.15, 0.2) is 0 Å². The van der Waals surface area contributed by atoms with E-state index in [2.05, 4.69) is 30.1 Å². The fourth-order valence-electron chi connectivity index (χ4n) is 2.32. The number of allylic oxidation sites excluding steroid dienone is 1. The standard InChI is InChI=1S/C14H28N2O/c1-4-13(2)10-15-11-14-6-5-7-16(12-14)8-9-17-3/h4,14-15H,5-12H2,1-3H3. The maximum Gasteiger partial charge on any atom is 0.0589 e. The Hall–Kier alpha value is -0.380. The molecule has 0 aromatic heterocycles. The van der Waals surface area contributed by atoms with Crippen molar-refractivity contribution >= 4 is 0 Å². The third kappa shape index (κ3) is 6.20. The van der Waals surface area contributed by atoms with E-state index in [1.807, 2.05) is 0 Å². The SMILES string of the molecule is CC=C(C)CNCC1CCCN(CCOC)C1. The number of rotatable bonds is 7. The Labute approximate surface area is 106 Å². The first kappa shape index (κ1) is 14.7. The zero-order chi connectivity index (χ0) is 12.5. The summed E-state index contributed by atoms with van der Waals surface area (Å²) < 4.78 is 5.14. The van der Waals surface area contributed by atoms with E-state index in [1.54, 1.807) is 7.11 Å². The van der Waals surface area contributed by atoms with Crippen molar-refractivity contribution in [1.29, 1.82) is 0 Å². The number of nitrogens with zero attached hydrogens (tertiary/aromatic N) is 1. The van der Waals surface area contributed by atoms with E-state index in [0.717, 1.165) is 32.2 Å². The monoisotopic (exact) mass is 240 g/mol. The maximum atomic E-state index is 5.14. The molecule has 1 N–H and O–H groups in total. The van der Waals surface area contributed by atoms with Gasteiger partial charge in [0.1, 0.15) is 0 Å². The molecule has 0 amide bonds. The van der Waals surface area contributed by atoms with Crippen molar-refractivity contribution in [1.82, 2.24) is 10.2 Å². The molecule has 0 saturated carbocycles. The summed E-state index contributed by atoms with van der Waals surface area (Å²) in [5.41, 5.74) is 1.43. The van der Waals surface area contributed by atoms with E-state index in [-0.39, 0.29) is 0 Å². The molecule has 0 aliphatic carbocycles. The van der Waals surface area contributed by atoms with Crippen LogP contribution < -0.4 is 5.32 Å². The molecular formula is C14H28N2O. The fourth-order valence-corrected chi connectivity index (χ4v) is 2.32. The summed E-state index contributed by atoms with van der Waals surface area (Å²) in [4.78, 5) is 2.53. The van der Waals surface area contributed by atoms with Crippen molar-refractivity contribution in [2.45, 2.75) is 26.7 Å². The molecule has 0 aromatic rings. The van der Waals surface area contributed by atoms with Gasteiger partial charge >= 0.3 is 0 Å². The van der Waals surface area contributed by atoms with Crippen LogP contribution in [0.4, 0.5) is 0 Å². The highest BCUT2D eigenvalue weighted by molar-refractivity contribution is 4.97. The molecule has 17 heavy (non-hydrogen) atoms. The Bertz CT molecular complexity index is 228. The summed E-state index contributed by atoms with van der Waals surface area (Å²) in [5.74, 6) is 0.810. The van der Waals surface area contributed by atoms with Crippen LogP contribution in [-0.4, -0.2) is 51.3 Å². The molecule has 1 heterocycles. The molecule has 1 rings (SSSR count). The van der Waals surface area contributed by atoms with Gasteiger partial charge in [-0.3, -0.25) is 0 Å². The molecule has 0 radical (unpaired) electrons. The molecular weight excluding hydrogens is 212 g/mol. The minimum absolute atomic E-state index is 0.810. The maximum absolute atomic E-state index is 5.14. The molecule has 0 aromatic carbocycles. The lowest BCUT2D eigenvalue weighted by Gasteiger charge is -2.32. The van der Waals surface area contributed by atoms with Gasteiger partial charge in [0.2, 0.25) is 0 Å². The lowest BCUT2D eigenvalue weighted by Crippen LogP contribution is -2.41. The number of nitrogens with one attached hydrogen (secondary N) is 1. The summed E-state index contributed by atoms with van der Waals surface area (Å²) in [6.45, 7) is 10.9. The van der Waals surface area contributed by atoms with Crippen molar-refractivity contribution in [3.63, 3.8) is 0 Å². The van der Waals surface area contributed by atoms with Gasteiger partial charge in [0.25, 0.3) is 0 Å². The number of likely N-dealkylation sites (tertiary alicyclic amines) is 1. The highest BCUT2D eigenvalue weighted by Crippen LogP contribution is 2.15. The average Bonchev–Trinajstić information content (AvgIpc) is 2.36. The molecule has 1 fully saturated rings. The first-order valence-electron chi connectivity index (χ1n) is 6.80. The summed E-state index contributed by atoms with van der Waals surface area (Å²) in [5, 5.41) is 3.56.